The van der Waals surface area contributed by atoms with E-state index in [9.17, 15) is 34.2 Å². The maximum absolute atomic E-state index is 14.3. The number of imide groups is 1. The van der Waals surface area contributed by atoms with Gasteiger partial charge in [0.1, 0.15) is 12.4 Å². The number of halogens is 1. The highest BCUT2D eigenvalue weighted by atomic mass is 19.1. The Bertz CT molecular complexity index is 2040. The average Bonchev–Trinajstić information content (AvgIpc) is 3.39. The van der Waals surface area contributed by atoms with Gasteiger partial charge >= 0.3 is 7.12 Å². The van der Waals surface area contributed by atoms with Gasteiger partial charge < -0.3 is 19.5 Å². The molecule has 2 aliphatic heterocycles. The van der Waals surface area contributed by atoms with Gasteiger partial charge in [-0.05, 0) is 102 Å². The molecule has 0 unspecified atom stereocenters. The number of nitro groups is 1. The molecular weight excluding hydrogens is 656 g/mol. The molecule has 2 amide bonds. The number of nitro benzene ring substituents is 1. The second kappa shape index (κ2) is 14.3. The zero-order chi connectivity index (χ0) is 35.6. The number of ether oxygens (including phenoxy) is 1. The molecule has 2 N–H and O–H groups in total. The minimum atomic E-state index is -1.23. The molecule has 0 spiro atoms. The van der Waals surface area contributed by atoms with Gasteiger partial charge in [0.2, 0.25) is 11.8 Å². The lowest BCUT2D eigenvalue weighted by Crippen LogP contribution is -2.46. The molecule has 4 aromatic rings. The van der Waals surface area contributed by atoms with Crippen molar-refractivity contribution in [3.05, 3.63) is 136 Å². The van der Waals surface area contributed by atoms with Gasteiger partial charge in [-0.25, -0.2) is 9.29 Å². The Morgan fingerprint density at radius 3 is 2.59 bits per heavy atom. The van der Waals surface area contributed by atoms with Crippen molar-refractivity contribution in [1.29, 1.82) is 0 Å². The lowest BCUT2D eigenvalue weighted by Gasteiger charge is -2.43. The Hall–Kier alpha value is -5.66. The normalized spacial score (nSPS) is 21.8. The molecule has 7 rings (SSSR count). The zero-order valence-corrected chi connectivity index (χ0v) is 27.3. The van der Waals surface area contributed by atoms with E-state index in [1.807, 2.05) is 42.5 Å². The molecule has 2 saturated heterocycles. The SMILES string of the molecule is O=C1[C@@H]2[C@@H](CC(COc3ccccc3)=C3[C@@H](CC/C(=C/c4ccc(O)c(F)c4)c4ccccn4)OB(O)C[C@@H]32)C(=O)N1c1cccc([N+](=O)[O-])c1. The molecule has 11 nitrogen and oxygen atoms in total. The second-order valence-corrected chi connectivity index (χ2v) is 12.8. The van der Waals surface area contributed by atoms with E-state index < -0.39 is 59.3 Å². The van der Waals surface area contributed by atoms with Crippen molar-refractivity contribution in [2.75, 3.05) is 11.5 Å². The van der Waals surface area contributed by atoms with Crippen molar-refractivity contribution < 1.29 is 38.4 Å². The third-order valence-electron chi connectivity index (χ3n) is 9.75. The fourth-order valence-electron chi connectivity index (χ4n) is 7.51. The lowest BCUT2D eigenvalue weighted by molar-refractivity contribution is -0.384. The number of carbonyl (C=O) groups is 2. The van der Waals surface area contributed by atoms with Crippen molar-refractivity contribution in [2.45, 2.75) is 31.7 Å². The van der Waals surface area contributed by atoms with Crippen LogP contribution in [0.2, 0.25) is 6.32 Å². The smallest absolute Gasteiger partial charge is 0.455 e. The summed E-state index contributed by atoms with van der Waals surface area (Å²) in [6.07, 6.45) is 3.74. The Morgan fingerprint density at radius 1 is 1.04 bits per heavy atom. The quantitative estimate of drug-likeness (QED) is 0.0649. The summed E-state index contributed by atoms with van der Waals surface area (Å²) in [5, 5.41) is 32.3. The molecule has 1 aliphatic carbocycles. The molecule has 3 aliphatic rings. The number of non-ortho nitro benzene ring substituents is 1. The highest BCUT2D eigenvalue weighted by Crippen LogP contribution is 2.51. The molecule has 1 aromatic heterocycles. The number of phenolic OH excluding ortho intramolecular Hbond substituents is 1. The number of anilines is 1. The molecule has 0 saturated carbocycles. The number of amides is 2. The monoisotopic (exact) mass is 689 g/mol. The number of hydrogen-bond donors (Lipinski definition) is 2. The first-order valence-corrected chi connectivity index (χ1v) is 16.6. The van der Waals surface area contributed by atoms with E-state index in [0.717, 1.165) is 21.6 Å². The Kier molecular flexibility index (Phi) is 9.48. The number of pyridine rings is 1. The zero-order valence-electron chi connectivity index (χ0n) is 27.3. The third kappa shape index (κ3) is 6.90. The van der Waals surface area contributed by atoms with Crippen molar-refractivity contribution in [3.8, 4) is 11.5 Å². The van der Waals surface area contributed by atoms with Gasteiger partial charge in [-0.15, -0.1) is 0 Å². The van der Waals surface area contributed by atoms with Gasteiger partial charge in [0.05, 0.1) is 34.2 Å². The predicted octanol–water partition coefficient (Wildman–Crippen LogP) is 6.24. The van der Waals surface area contributed by atoms with Crippen LogP contribution in [0.15, 0.2) is 108 Å². The van der Waals surface area contributed by atoms with Gasteiger partial charge in [-0.3, -0.25) is 24.7 Å². The van der Waals surface area contributed by atoms with Crippen LogP contribution in [0.25, 0.3) is 11.6 Å². The summed E-state index contributed by atoms with van der Waals surface area (Å²) in [6, 6.07) is 24.2. The number of para-hydroxylation sites is 1. The number of aromatic hydroxyl groups is 1. The summed E-state index contributed by atoms with van der Waals surface area (Å²) in [5.41, 5.74) is 3.36. The van der Waals surface area contributed by atoms with Crippen LogP contribution in [0.3, 0.4) is 0 Å². The van der Waals surface area contributed by atoms with Gasteiger partial charge in [-0.2, -0.15) is 0 Å². The van der Waals surface area contributed by atoms with Gasteiger partial charge in [-0.1, -0.05) is 36.4 Å². The van der Waals surface area contributed by atoms with E-state index >= 15 is 0 Å². The molecule has 13 heteroatoms. The first-order chi connectivity index (χ1) is 24.7. The highest BCUT2D eigenvalue weighted by Gasteiger charge is 2.57. The average molecular weight is 690 g/mol. The number of benzene rings is 3. The summed E-state index contributed by atoms with van der Waals surface area (Å²) in [6.45, 7) is 0.114. The van der Waals surface area contributed by atoms with Crippen LogP contribution in [-0.2, 0) is 14.2 Å². The van der Waals surface area contributed by atoms with Gasteiger partial charge in [0.25, 0.3) is 5.69 Å². The topological polar surface area (TPSA) is 152 Å². The van der Waals surface area contributed by atoms with Crippen LogP contribution in [0.4, 0.5) is 15.8 Å². The minimum absolute atomic E-state index is 0.0688. The maximum atomic E-state index is 14.3. The fraction of sp³-hybridized carbons (Fsp3) is 0.237. The summed E-state index contributed by atoms with van der Waals surface area (Å²) in [4.78, 5) is 44.7. The van der Waals surface area contributed by atoms with E-state index in [-0.39, 0.29) is 30.7 Å². The van der Waals surface area contributed by atoms with Crippen LogP contribution in [0.5, 0.6) is 11.5 Å². The number of phenols is 1. The molecule has 3 aromatic carbocycles. The first kappa shape index (κ1) is 33.8. The number of fused-ring (bicyclic) bond motifs is 3. The summed E-state index contributed by atoms with van der Waals surface area (Å²) < 4.78 is 26.7. The van der Waals surface area contributed by atoms with E-state index in [0.29, 0.717) is 29.8 Å². The number of carbonyl (C=O) groups excluding carboxylic acids is 2. The fourth-order valence-corrected chi connectivity index (χ4v) is 7.51. The first-order valence-electron chi connectivity index (χ1n) is 16.6. The maximum Gasteiger partial charge on any atom is 0.455 e. The van der Waals surface area contributed by atoms with Gasteiger partial charge in [0.15, 0.2) is 11.6 Å². The molecule has 4 atom stereocenters. The predicted molar refractivity (Wildman–Crippen MR) is 187 cm³/mol. The van der Waals surface area contributed by atoms with Crippen LogP contribution in [0, 0.1) is 33.7 Å². The van der Waals surface area contributed by atoms with Crippen molar-refractivity contribution >= 4 is 42.0 Å². The number of hydrogen-bond acceptors (Lipinski definition) is 9. The van der Waals surface area contributed by atoms with Gasteiger partial charge in [0, 0.05) is 18.3 Å². The minimum Gasteiger partial charge on any atom is -0.505 e. The molecule has 2 fully saturated rings. The van der Waals surface area contributed by atoms with E-state index in [1.54, 1.807) is 24.4 Å². The molecule has 258 valence electrons. The molecule has 0 radical (unpaired) electrons. The Morgan fingerprint density at radius 2 is 1.84 bits per heavy atom. The van der Waals surface area contributed by atoms with Crippen LogP contribution in [-0.4, -0.2) is 51.7 Å². The van der Waals surface area contributed by atoms with E-state index in [2.05, 4.69) is 4.98 Å². The lowest BCUT2D eigenvalue weighted by atomic mass is 9.58. The van der Waals surface area contributed by atoms with Crippen molar-refractivity contribution in [1.82, 2.24) is 4.98 Å². The molecule has 0 bridgehead atoms. The summed E-state index contributed by atoms with van der Waals surface area (Å²) >= 11 is 0. The Labute approximate surface area is 293 Å². The number of aromatic nitrogens is 1. The van der Waals surface area contributed by atoms with E-state index in [1.165, 1.54) is 36.4 Å². The van der Waals surface area contributed by atoms with E-state index in [4.69, 9.17) is 9.39 Å². The second-order valence-electron chi connectivity index (χ2n) is 12.8. The largest absolute Gasteiger partial charge is 0.505 e. The molecule has 3 heterocycles. The van der Waals surface area contributed by atoms with Crippen molar-refractivity contribution in [2.24, 2.45) is 17.8 Å². The number of nitrogens with zero attached hydrogens (tertiary/aromatic N) is 3. The molecular formula is C38H33BFN3O8. The third-order valence-corrected chi connectivity index (χ3v) is 9.75. The number of rotatable bonds is 10. The summed E-state index contributed by atoms with van der Waals surface area (Å²) in [7, 11) is -1.23. The standard InChI is InChI=1S/C38H33BFN3O8/c40-31-18-23(12-14-33(31)44)17-24(32-11-4-5-16-41-32)13-15-34-35-25(22-50-28-9-2-1-3-10-28)19-29-36(30(35)21-39(47)51-34)38(46)42(37(29)45)26-7-6-8-27(20-26)43(48)49/h1-12,14,16-18,20,29-30,34,36,44,47H,13,15,19,21-22H2/b24-17-/t29-,30+,34-,36-/m1/s1. The van der Waals surface area contributed by atoms with Crippen LogP contribution < -0.4 is 9.64 Å². The van der Waals surface area contributed by atoms with Crippen LogP contribution in [0.1, 0.15) is 30.5 Å². The van der Waals surface area contributed by atoms with Crippen LogP contribution >= 0.6 is 0 Å². The Balaban J connectivity index is 1.24. The van der Waals surface area contributed by atoms with Crippen molar-refractivity contribution in [3.63, 3.8) is 0 Å². The highest BCUT2D eigenvalue weighted by molar-refractivity contribution is 6.43. The molecule has 51 heavy (non-hydrogen) atoms. The number of allylic oxidation sites excluding steroid dienone is 1. The summed E-state index contributed by atoms with van der Waals surface area (Å²) in [5.74, 6) is -3.69.